The van der Waals surface area contributed by atoms with Gasteiger partial charge in [0.15, 0.2) is 9.84 Å². The van der Waals surface area contributed by atoms with Gasteiger partial charge in [0.05, 0.1) is 24.2 Å². The van der Waals surface area contributed by atoms with Gasteiger partial charge in [0.25, 0.3) is 0 Å². The van der Waals surface area contributed by atoms with Crippen LogP contribution < -0.4 is 0 Å². The van der Waals surface area contributed by atoms with Crippen LogP contribution in [0.15, 0.2) is 53.1 Å². The van der Waals surface area contributed by atoms with Crippen LogP contribution in [0.3, 0.4) is 0 Å². The molecule has 158 valence electrons. The highest BCUT2D eigenvalue weighted by atomic mass is 32.2. The number of amides is 1. The van der Waals surface area contributed by atoms with Crippen LogP contribution in [0.1, 0.15) is 35.6 Å². The second kappa shape index (κ2) is 8.26. The maximum absolute atomic E-state index is 13.3. The second-order valence-electron chi connectivity index (χ2n) is 8.19. The van der Waals surface area contributed by atoms with Crippen LogP contribution >= 0.6 is 0 Å². The van der Waals surface area contributed by atoms with Crippen molar-refractivity contribution >= 4 is 26.7 Å². The van der Waals surface area contributed by atoms with Crippen LogP contribution in [-0.4, -0.2) is 36.8 Å². The van der Waals surface area contributed by atoms with E-state index >= 15 is 0 Å². The van der Waals surface area contributed by atoms with Gasteiger partial charge in [-0.15, -0.1) is 0 Å². The molecule has 1 fully saturated rings. The standard InChI is InChI=1S/C24H27NO4S/c1-3-18-5-7-19(8-6-18)14-25(21-10-11-30(27,28)16-21)24(26)13-20-15-29-23-12-17(2)4-9-22(20)23/h4-9,12,15,21H,3,10-11,13-14,16H2,1-2H3. The van der Waals surface area contributed by atoms with Crippen molar-refractivity contribution in [2.24, 2.45) is 0 Å². The third-order valence-corrected chi connectivity index (χ3v) is 7.66. The first-order valence-corrected chi connectivity index (χ1v) is 12.2. The van der Waals surface area contributed by atoms with Crippen molar-refractivity contribution in [3.05, 3.63) is 71.0 Å². The van der Waals surface area contributed by atoms with Crippen LogP contribution in [0.2, 0.25) is 0 Å². The Balaban J connectivity index is 1.59. The van der Waals surface area contributed by atoms with Crippen LogP contribution in [0.4, 0.5) is 0 Å². The van der Waals surface area contributed by atoms with Gasteiger partial charge in [-0.05, 0) is 42.5 Å². The quantitative estimate of drug-likeness (QED) is 0.597. The lowest BCUT2D eigenvalue weighted by molar-refractivity contribution is -0.133. The van der Waals surface area contributed by atoms with Crippen molar-refractivity contribution in [3.8, 4) is 0 Å². The van der Waals surface area contributed by atoms with E-state index in [4.69, 9.17) is 4.42 Å². The van der Waals surface area contributed by atoms with Gasteiger partial charge in [-0.3, -0.25) is 4.79 Å². The van der Waals surface area contributed by atoms with E-state index in [-0.39, 0.29) is 29.9 Å². The number of aryl methyl sites for hydroxylation is 2. The molecule has 30 heavy (non-hydrogen) atoms. The molecule has 0 radical (unpaired) electrons. The summed E-state index contributed by atoms with van der Waals surface area (Å²) in [6.45, 7) is 4.52. The molecule has 6 heteroatoms. The van der Waals surface area contributed by atoms with Crippen molar-refractivity contribution in [1.82, 2.24) is 4.90 Å². The normalized spacial score (nSPS) is 18.0. The van der Waals surface area contributed by atoms with Gasteiger partial charge in [-0.2, -0.15) is 0 Å². The number of carbonyl (C=O) groups excluding carboxylic acids is 1. The lowest BCUT2D eigenvalue weighted by Gasteiger charge is -2.28. The third kappa shape index (κ3) is 4.43. The van der Waals surface area contributed by atoms with E-state index in [0.29, 0.717) is 13.0 Å². The molecule has 1 atom stereocenters. The highest BCUT2D eigenvalue weighted by molar-refractivity contribution is 7.91. The molecule has 1 unspecified atom stereocenters. The molecule has 1 amide bonds. The molecule has 0 bridgehead atoms. The van der Waals surface area contributed by atoms with Crippen molar-refractivity contribution in [2.75, 3.05) is 11.5 Å². The number of hydrogen-bond acceptors (Lipinski definition) is 4. The first-order chi connectivity index (χ1) is 14.3. The zero-order valence-electron chi connectivity index (χ0n) is 17.4. The van der Waals surface area contributed by atoms with E-state index < -0.39 is 9.84 Å². The lowest BCUT2D eigenvalue weighted by atomic mass is 10.1. The zero-order chi connectivity index (χ0) is 21.3. The van der Waals surface area contributed by atoms with Crippen LogP contribution in [0.25, 0.3) is 11.0 Å². The Bertz CT molecular complexity index is 1160. The number of sulfone groups is 1. The van der Waals surface area contributed by atoms with E-state index in [2.05, 4.69) is 19.1 Å². The Morgan fingerprint density at radius 1 is 1.13 bits per heavy atom. The Hall–Kier alpha value is -2.60. The Morgan fingerprint density at radius 2 is 1.87 bits per heavy atom. The highest BCUT2D eigenvalue weighted by Crippen LogP contribution is 2.26. The Labute approximate surface area is 177 Å². The largest absolute Gasteiger partial charge is 0.464 e. The average molecular weight is 426 g/mol. The highest BCUT2D eigenvalue weighted by Gasteiger charge is 2.34. The second-order valence-corrected chi connectivity index (χ2v) is 10.4. The van der Waals surface area contributed by atoms with Crippen molar-refractivity contribution < 1.29 is 17.6 Å². The molecule has 0 spiro atoms. The summed E-state index contributed by atoms with van der Waals surface area (Å²) in [4.78, 5) is 15.1. The smallest absolute Gasteiger partial charge is 0.227 e. The van der Waals surface area contributed by atoms with E-state index in [1.54, 1.807) is 11.2 Å². The summed E-state index contributed by atoms with van der Waals surface area (Å²) >= 11 is 0. The minimum atomic E-state index is -3.09. The zero-order valence-corrected chi connectivity index (χ0v) is 18.2. The van der Waals surface area contributed by atoms with Crippen LogP contribution in [0.5, 0.6) is 0 Å². The fraction of sp³-hybridized carbons (Fsp3) is 0.375. The number of nitrogens with zero attached hydrogens (tertiary/aromatic N) is 1. The van der Waals surface area contributed by atoms with E-state index in [1.807, 2.05) is 37.3 Å². The molecule has 0 saturated carbocycles. The molecule has 2 heterocycles. The van der Waals surface area contributed by atoms with Gasteiger partial charge < -0.3 is 9.32 Å². The molecule has 4 rings (SSSR count). The molecule has 5 nitrogen and oxygen atoms in total. The lowest BCUT2D eigenvalue weighted by Crippen LogP contribution is -2.41. The summed E-state index contributed by atoms with van der Waals surface area (Å²) in [6.07, 6.45) is 3.28. The van der Waals surface area contributed by atoms with Crippen molar-refractivity contribution in [2.45, 2.75) is 45.7 Å². The summed E-state index contributed by atoms with van der Waals surface area (Å²) in [7, 11) is -3.09. The number of carbonyl (C=O) groups is 1. The molecule has 1 saturated heterocycles. The summed E-state index contributed by atoms with van der Waals surface area (Å²) in [5, 5.41) is 0.931. The fourth-order valence-corrected chi connectivity index (χ4v) is 5.84. The summed E-state index contributed by atoms with van der Waals surface area (Å²) in [5.41, 5.74) is 4.95. The number of hydrogen-bond donors (Lipinski definition) is 0. The molecule has 3 aromatic rings. The predicted molar refractivity (Wildman–Crippen MR) is 118 cm³/mol. The van der Waals surface area contributed by atoms with Crippen LogP contribution in [0, 0.1) is 6.92 Å². The maximum Gasteiger partial charge on any atom is 0.227 e. The third-order valence-electron chi connectivity index (χ3n) is 5.91. The molecule has 1 aromatic heterocycles. The van der Waals surface area contributed by atoms with E-state index in [1.165, 1.54) is 5.56 Å². The molecule has 0 N–H and O–H groups in total. The average Bonchev–Trinajstić information content (AvgIpc) is 3.28. The Morgan fingerprint density at radius 3 is 2.53 bits per heavy atom. The van der Waals surface area contributed by atoms with Crippen molar-refractivity contribution in [3.63, 3.8) is 0 Å². The minimum absolute atomic E-state index is 0.0388. The predicted octanol–water partition coefficient (Wildman–Crippen LogP) is 4.06. The van der Waals surface area contributed by atoms with Gasteiger partial charge in [0.1, 0.15) is 5.58 Å². The topological polar surface area (TPSA) is 67.6 Å². The Kier molecular flexibility index (Phi) is 5.69. The number of benzene rings is 2. The van der Waals surface area contributed by atoms with Crippen LogP contribution in [-0.2, 0) is 34.0 Å². The first kappa shape index (κ1) is 20.7. The molecular formula is C24H27NO4S. The molecular weight excluding hydrogens is 398 g/mol. The number of furan rings is 1. The van der Waals surface area contributed by atoms with E-state index in [0.717, 1.165) is 34.1 Å². The number of rotatable bonds is 6. The molecule has 2 aromatic carbocycles. The minimum Gasteiger partial charge on any atom is -0.464 e. The molecule has 0 aliphatic carbocycles. The molecule has 1 aliphatic heterocycles. The summed E-state index contributed by atoms with van der Waals surface area (Å²) < 4.78 is 29.8. The van der Waals surface area contributed by atoms with Gasteiger partial charge in [-0.1, -0.05) is 43.3 Å². The van der Waals surface area contributed by atoms with Gasteiger partial charge >= 0.3 is 0 Å². The van der Waals surface area contributed by atoms with E-state index in [9.17, 15) is 13.2 Å². The summed E-state index contributed by atoms with van der Waals surface area (Å²) in [5.74, 6) is 0.112. The monoisotopic (exact) mass is 425 g/mol. The SMILES string of the molecule is CCc1ccc(CN(C(=O)Cc2coc3cc(C)ccc23)C2CCS(=O)(=O)C2)cc1. The van der Waals surface area contributed by atoms with Gasteiger partial charge in [-0.25, -0.2) is 8.42 Å². The fourth-order valence-electron chi connectivity index (χ4n) is 4.11. The first-order valence-electron chi connectivity index (χ1n) is 10.4. The molecule has 1 aliphatic rings. The van der Waals surface area contributed by atoms with Gasteiger partial charge in [0.2, 0.25) is 5.91 Å². The van der Waals surface area contributed by atoms with Gasteiger partial charge in [0, 0.05) is 23.5 Å². The summed E-state index contributed by atoms with van der Waals surface area (Å²) in [6, 6.07) is 13.8. The number of fused-ring (bicyclic) bond motifs is 1. The van der Waals surface area contributed by atoms with Crippen molar-refractivity contribution in [1.29, 1.82) is 0 Å². The maximum atomic E-state index is 13.3.